The Balaban J connectivity index is 1.73. The second-order valence-corrected chi connectivity index (χ2v) is 6.54. The number of nitrogen functional groups attached to an aromatic ring is 1. The first-order chi connectivity index (χ1) is 11.6. The lowest BCUT2D eigenvalue weighted by molar-refractivity contribution is 0.102. The average molecular weight is 380 g/mol. The number of benzene rings is 1. The summed E-state index contributed by atoms with van der Waals surface area (Å²) in [6.07, 6.45) is 3.30. The largest absolute Gasteiger partial charge is 0.335 e. The summed E-state index contributed by atoms with van der Waals surface area (Å²) in [6.45, 7) is 0. The quantitative estimate of drug-likeness (QED) is 0.415. The zero-order valence-corrected chi connectivity index (χ0v) is 14.5. The fourth-order valence-corrected chi connectivity index (χ4v) is 3.24. The summed E-state index contributed by atoms with van der Waals surface area (Å²) >= 11 is 13.1. The SMILES string of the molecule is Nn1c(SCC(=O)c2ccc(Cl)cc2Cl)nnc1-c1cccnc1. The molecule has 0 spiro atoms. The third kappa shape index (κ3) is 3.53. The number of Topliss-reactive ketones (excluding diaryl/α,β-unsaturated/α-hetero) is 1. The Morgan fingerprint density at radius 3 is 2.79 bits per heavy atom. The summed E-state index contributed by atoms with van der Waals surface area (Å²) in [7, 11) is 0. The molecule has 0 aliphatic rings. The Morgan fingerprint density at radius 2 is 2.08 bits per heavy atom. The lowest BCUT2D eigenvalue weighted by Crippen LogP contribution is -2.13. The van der Waals surface area contributed by atoms with Gasteiger partial charge in [0.25, 0.3) is 0 Å². The van der Waals surface area contributed by atoms with Crippen molar-refractivity contribution in [3.8, 4) is 11.4 Å². The molecule has 9 heteroatoms. The van der Waals surface area contributed by atoms with Crippen LogP contribution in [0.4, 0.5) is 0 Å². The van der Waals surface area contributed by atoms with Crippen molar-refractivity contribution in [2.75, 3.05) is 11.6 Å². The molecule has 6 nitrogen and oxygen atoms in total. The van der Waals surface area contributed by atoms with Crippen molar-refractivity contribution >= 4 is 40.7 Å². The maximum atomic E-state index is 12.3. The van der Waals surface area contributed by atoms with Crippen molar-refractivity contribution < 1.29 is 4.79 Å². The van der Waals surface area contributed by atoms with Crippen LogP contribution in [-0.2, 0) is 0 Å². The van der Waals surface area contributed by atoms with Crippen LogP contribution in [0.3, 0.4) is 0 Å². The number of carbonyl (C=O) groups is 1. The minimum Gasteiger partial charge on any atom is -0.335 e. The fraction of sp³-hybridized carbons (Fsp3) is 0.0667. The number of hydrogen-bond donors (Lipinski definition) is 1. The highest BCUT2D eigenvalue weighted by molar-refractivity contribution is 7.99. The molecule has 0 saturated heterocycles. The average Bonchev–Trinajstić information content (AvgIpc) is 2.94. The predicted molar refractivity (Wildman–Crippen MR) is 94.9 cm³/mol. The van der Waals surface area contributed by atoms with Crippen molar-refractivity contribution in [1.29, 1.82) is 0 Å². The number of ketones is 1. The summed E-state index contributed by atoms with van der Waals surface area (Å²) < 4.78 is 1.33. The monoisotopic (exact) mass is 379 g/mol. The van der Waals surface area contributed by atoms with Gasteiger partial charge in [-0.1, -0.05) is 35.0 Å². The van der Waals surface area contributed by atoms with E-state index in [0.717, 1.165) is 5.56 Å². The molecule has 0 saturated carbocycles. The number of hydrogen-bond acceptors (Lipinski definition) is 6. The summed E-state index contributed by atoms with van der Waals surface area (Å²) in [6, 6.07) is 8.36. The number of pyridine rings is 1. The van der Waals surface area contributed by atoms with Gasteiger partial charge in [-0.25, -0.2) is 4.68 Å². The highest BCUT2D eigenvalue weighted by atomic mass is 35.5. The standard InChI is InChI=1S/C15H11Cl2N5OS/c16-10-3-4-11(12(17)6-10)13(23)8-24-15-21-20-14(22(15)18)9-2-1-5-19-7-9/h1-7H,8,18H2. The maximum Gasteiger partial charge on any atom is 0.210 e. The van der Waals surface area contributed by atoms with Crippen LogP contribution in [0.15, 0.2) is 47.9 Å². The highest BCUT2D eigenvalue weighted by Gasteiger charge is 2.16. The number of nitrogens with zero attached hydrogens (tertiary/aromatic N) is 4. The van der Waals surface area contributed by atoms with Crippen molar-refractivity contribution in [3.05, 3.63) is 58.3 Å². The third-order valence-corrected chi connectivity index (χ3v) is 4.64. The summed E-state index contributed by atoms with van der Waals surface area (Å²) in [5.74, 6) is 6.46. The second-order valence-electron chi connectivity index (χ2n) is 4.75. The van der Waals surface area contributed by atoms with E-state index >= 15 is 0 Å². The van der Waals surface area contributed by atoms with Gasteiger partial charge < -0.3 is 5.84 Å². The van der Waals surface area contributed by atoms with E-state index in [2.05, 4.69) is 15.2 Å². The van der Waals surface area contributed by atoms with Crippen LogP contribution in [0.2, 0.25) is 10.0 Å². The van der Waals surface area contributed by atoms with E-state index in [4.69, 9.17) is 29.0 Å². The molecule has 1 aromatic carbocycles. The van der Waals surface area contributed by atoms with Crippen LogP contribution < -0.4 is 5.84 Å². The van der Waals surface area contributed by atoms with E-state index in [1.54, 1.807) is 30.6 Å². The lowest BCUT2D eigenvalue weighted by atomic mass is 10.1. The van der Waals surface area contributed by atoms with Crippen molar-refractivity contribution in [2.45, 2.75) is 5.16 Å². The number of carbonyl (C=O) groups excluding carboxylic acids is 1. The molecule has 0 aliphatic carbocycles. The summed E-state index contributed by atoms with van der Waals surface area (Å²) in [4.78, 5) is 16.3. The van der Waals surface area contributed by atoms with Crippen LogP contribution in [-0.4, -0.2) is 31.4 Å². The molecule has 2 N–H and O–H groups in total. The van der Waals surface area contributed by atoms with Gasteiger partial charge >= 0.3 is 0 Å². The highest BCUT2D eigenvalue weighted by Crippen LogP contribution is 2.25. The Bertz CT molecular complexity index is 885. The molecule has 0 atom stereocenters. The first-order valence-electron chi connectivity index (χ1n) is 6.78. The number of nitrogens with two attached hydrogens (primary N) is 1. The third-order valence-electron chi connectivity index (χ3n) is 3.15. The van der Waals surface area contributed by atoms with E-state index in [-0.39, 0.29) is 11.5 Å². The summed E-state index contributed by atoms with van der Waals surface area (Å²) in [5, 5.41) is 9.27. The van der Waals surface area contributed by atoms with Gasteiger partial charge in [-0.2, -0.15) is 0 Å². The van der Waals surface area contributed by atoms with Crippen molar-refractivity contribution in [1.82, 2.24) is 19.9 Å². The number of thioether (sulfide) groups is 1. The van der Waals surface area contributed by atoms with Gasteiger partial charge in [-0.3, -0.25) is 9.78 Å². The van der Waals surface area contributed by atoms with Gasteiger partial charge in [0, 0.05) is 28.5 Å². The van der Waals surface area contributed by atoms with Gasteiger partial charge in [-0.05, 0) is 30.3 Å². The van der Waals surface area contributed by atoms with Gasteiger partial charge in [0.1, 0.15) is 0 Å². The maximum absolute atomic E-state index is 12.3. The molecule has 0 fully saturated rings. The smallest absolute Gasteiger partial charge is 0.210 e. The topological polar surface area (TPSA) is 86.7 Å². The minimum absolute atomic E-state index is 0.129. The molecule has 0 amide bonds. The van der Waals surface area contributed by atoms with Crippen LogP contribution in [0.1, 0.15) is 10.4 Å². The Morgan fingerprint density at radius 1 is 1.25 bits per heavy atom. The van der Waals surface area contributed by atoms with Crippen LogP contribution >= 0.6 is 35.0 Å². The van der Waals surface area contributed by atoms with E-state index in [1.165, 1.54) is 22.5 Å². The van der Waals surface area contributed by atoms with Gasteiger partial charge in [-0.15, -0.1) is 10.2 Å². The zero-order valence-electron chi connectivity index (χ0n) is 12.2. The molecule has 122 valence electrons. The molecule has 24 heavy (non-hydrogen) atoms. The molecule has 3 rings (SSSR count). The first-order valence-corrected chi connectivity index (χ1v) is 8.52. The van der Waals surface area contributed by atoms with E-state index in [9.17, 15) is 4.79 Å². The Hall–Kier alpha value is -2.09. The van der Waals surface area contributed by atoms with Crippen LogP contribution in [0, 0.1) is 0 Å². The second kappa shape index (κ2) is 7.21. The van der Waals surface area contributed by atoms with Crippen LogP contribution in [0.25, 0.3) is 11.4 Å². The Kier molecular flexibility index (Phi) is 5.03. The molecule has 0 radical (unpaired) electrons. The molecular weight excluding hydrogens is 369 g/mol. The fourth-order valence-electron chi connectivity index (χ4n) is 1.99. The molecule has 3 aromatic rings. The van der Waals surface area contributed by atoms with Gasteiger partial charge in [0.15, 0.2) is 11.6 Å². The van der Waals surface area contributed by atoms with E-state index < -0.39 is 0 Å². The lowest BCUT2D eigenvalue weighted by Gasteiger charge is -2.05. The molecule has 0 unspecified atom stereocenters. The summed E-state index contributed by atoms with van der Waals surface area (Å²) in [5.41, 5.74) is 1.15. The van der Waals surface area contributed by atoms with Gasteiger partial charge in [0.05, 0.1) is 10.8 Å². The first kappa shape index (κ1) is 16.8. The number of halogens is 2. The number of rotatable bonds is 5. The van der Waals surface area contributed by atoms with E-state index in [0.29, 0.717) is 26.6 Å². The number of aromatic nitrogens is 4. The van der Waals surface area contributed by atoms with Crippen molar-refractivity contribution in [2.24, 2.45) is 0 Å². The predicted octanol–water partition coefficient (Wildman–Crippen LogP) is 3.34. The zero-order chi connectivity index (χ0) is 17.1. The molecule has 2 aromatic heterocycles. The normalized spacial score (nSPS) is 10.8. The minimum atomic E-state index is -0.146. The van der Waals surface area contributed by atoms with Gasteiger partial charge in [0.2, 0.25) is 5.16 Å². The Labute approximate surface area is 152 Å². The molecule has 0 aliphatic heterocycles. The van der Waals surface area contributed by atoms with Crippen molar-refractivity contribution in [3.63, 3.8) is 0 Å². The molecular formula is C15H11Cl2N5OS. The van der Waals surface area contributed by atoms with Crippen LogP contribution in [0.5, 0.6) is 0 Å². The molecule has 0 bridgehead atoms. The van der Waals surface area contributed by atoms with E-state index in [1.807, 2.05) is 6.07 Å². The molecule has 2 heterocycles.